The molecule has 13 nitrogen and oxygen atoms in total. The van der Waals surface area contributed by atoms with Crippen LogP contribution < -0.4 is 15.5 Å². The summed E-state index contributed by atoms with van der Waals surface area (Å²) in [5.41, 5.74) is 10.00. The Kier molecular flexibility index (Phi) is 5.74. The number of aromatic nitrogens is 6. The van der Waals surface area contributed by atoms with E-state index in [1.165, 1.54) is 0 Å². The molecular formula is C25H29N13. The maximum atomic E-state index is 6.51. The van der Waals surface area contributed by atoms with Gasteiger partial charge in [0.05, 0.1) is 18.1 Å². The summed E-state index contributed by atoms with van der Waals surface area (Å²) in [6, 6.07) is 3.80. The summed E-state index contributed by atoms with van der Waals surface area (Å²) in [7, 11) is 7.83. The Balaban J connectivity index is 1.50. The van der Waals surface area contributed by atoms with Gasteiger partial charge in [-0.05, 0) is 31.1 Å². The maximum Gasteiger partial charge on any atom is 0.183 e. The number of hydrogen-bond acceptors (Lipinski definition) is 10. The molecule has 1 fully saturated rings. The lowest BCUT2D eigenvalue weighted by molar-refractivity contribution is 0.519. The summed E-state index contributed by atoms with van der Waals surface area (Å²) in [6.45, 7) is 1.81. The second kappa shape index (κ2) is 9.25. The van der Waals surface area contributed by atoms with Crippen LogP contribution in [0.4, 0.5) is 23.0 Å². The number of hydrogen-bond donors (Lipinski definition) is 1. The van der Waals surface area contributed by atoms with E-state index in [1.54, 1.807) is 33.8 Å². The number of nitrogens with two attached hydrogens (primary N) is 1. The molecule has 13 heteroatoms. The fourth-order valence-corrected chi connectivity index (χ4v) is 4.66. The number of rotatable bonds is 4. The fraction of sp³-hybridized carbons (Fsp3) is 0.320. The maximum absolute atomic E-state index is 6.51. The predicted octanol–water partition coefficient (Wildman–Crippen LogP) is 2.06. The lowest BCUT2D eigenvalue weighted by Gasteiger charge is -2.23. The van der Waals surface area contributed by atoms with Crippen molar-refractivity contribution in [1.82, 2.24) is 34.1 Å². The first kappa shape index (κ1) is 23.6. The quantitative estimate of drug-likeness (QED) is 0.440. The minimum absolute atomic E-state index is 0.427. The number of fused-ring (bicyclic) bond motifs is 2. The van der Waals surface area contributed by atoms with Gasteiger partial charge in [-0.1, -0.05) is 0 Å². The predicted molar refractivity (Wildman–Crippen MR) is 149 cm³/mol. The van der Waals surface area contributed by atoms with Crippen molar-refractivity contribution >= 4 is 51.7 Å². The number of likely N-dealkylation sites (tertiary alicyclic amines) is 1. The SMILES string of the molecule is CN(C)c1ccnc2c(N=C3C=C(N)C(N4CCCC4)=NC3=Nc3cnn4c(N(C)C)ccnc34)cnn12. The molecule has 0 spiro atoms. The summed E-state index contributed by atoms with van der Waals surface area (Å²) in [6.07, 6.45) is 10.9. The van der Waals surface area contributed by atoms with Gasteiger partial charge in [0.1, 0.15) is 28.7 Å². The molecular weight excluding hydrogens is 482 g/mol. The molecule has 2 aliphatic heterocycles. The van der Waals surface area contributed by atoms with Crippen molar-refractivity contribution in [2.75, 3.05) is 51.1 Å². The molecule has 4 aromatic rings. The van der Waals surface area contributed by atoms with Gasteiger partial charge in [0.25, 0.3) is 0 Å². The van der Waals surface area contributed by atoms with E-state index in [2.05, 4.69) is 25.1 Å². The van der Waals surface area contributed by atoms with Gasteiger partial charge in [-0.25, -0.2) is 24.9 Å². The third-order valence-corrected chi connectivity index (χ3v) is 6.51. The van der Waals surface area contributed by atoms with Gasteiger partial charge in [-0.2, -0.15) is 19.2 Å². The first-order valence-corrected chi connectivity index (χ1v) is 12.4. The van der Waals surface area contributed by atoms with E-state index < -0.39 is 0 Å². The Labute approximate surface area is 219 Å². The highest BCUT2D eigenvalue weighted by Gasteiger charge is 2.25. The summed E-state index contributed by atoms with van der Waals surface area (Å²) < 4.78 is 3.51. The molecule has 0 atom stereocenters. The summed E-state index contributed by atoms with van der Waals surface area (Å²) in [4.78, 5) is 29.9. The van der Waals surface area contributed by atoms with Crippen LogP contribution in [0.25, 0.3) is 11.3 Å². The Bertz CT molecular complexity index is 1640. The normalized spacial score (nSPS) is 18.1. The van der Waals surface area contributed by atoms with E-state index in [0.717, 1.165) is 37.6 Å². The number of anilines is 2. The van der Waals surface area contributed by atoms with Crippen LogP contribution >= 0.6 is 0 Å². The molecule has 2 N–H and O–H groups in total. The van der Waals surface area contributed by atoms with Gasteiger partial charge >= 0.3 is 0 Å². The molecule has 0 aromatic carbocycles. The van der Waals surface area contributed by atoms with E-state index in [9.17, 15) is 0 Å². The van der Waals surface area contributed by atoms with Crippen molar-refractivity contribution < 1.29 is 0 Å². The first-order chi connectivity index (χ1) is 18.4. The summed E-state index contributed by atoms with van der Waals surface area (Å²) in [5, 5.41) is 9.04. The first-order valence-electron chi connectivity index (χ1n) is 12.4. The molecule has 0 radical (unpaired) electrons. The number of nitrogens with zero attached hydrogens (tertiary/aromatic N) is 12. The molecule has 194 valence electrons. The molecule has 0 amide bonds. The summed E-state index contributed by atoms with van der Waals surface area (Å²) in [5.74, 6) is 2.92. The van der Waals surface area contributed by atoms with Crippen LogP contribution in [0.1, 0.15) is 12.8 Å². The molecule has 6 rings (SSSR count). The number of amidine groups is 2. The molecule has 0 saturated carbocycles. The van der Waals surface area contributed by atoms with E-state index in [4.69, 9.17) is 20.7 Å². The van der Waals surface area contributed by atoms with Crippen molar-refractivity contribution in [2.24, 2.45) is 20.7 Å². The topological polar surface area (TPSA) is 133 Å². The van der Waals surface area contributed by atoms with E-state index in [0.29, 0.717) is 45.7 Å². The number of dihydropyridines is 1. The highest BCUT2D eigenvalue weighted by atomic mass is 15.3. The molecule has 2 aliphatic rings. The zero-order valence-electron chi connectivity index (χ0n) is 21.8. The van der Waals surface area contributed by atoms with Crippen molar-refractivity contribution in [3.8, 4) is 0 Å². The average Bonchev–Trinajstić information content (AvgIpc) is 3.66. The second-order valence-corrected chi connectivity index (χ2v) is 9.59. The van der Waals surface area contributed by atoms with Gasteiger partial charge in [-0.15, -0.1) is 0 Å². The van der Waals surface area contributed by atoms with E-state index >= 15 is 0 Å². The Hall–Kier alpha value is -4.81. The minimum Gasteiger partial charge on any atom is -0.396 e. The van der Waals surface area contributed by atoms with Crippen LogP contribution in [0.15, 0.2) is 63.7 Å². The zero-order chi connectivity index (χ0) is 26.4. The Morgan fingerprint density at radius 3 is 1.92 bits per heavy atom. The van der Waals surface area contributed by atoms with E-state index in [-0.39, 0.29) is 0 Å². The molecule has 38 heavy (non-hydrogen) atoms. The lowest BCUT2D eigenvalue weighted by atomic mass is 10.2. The Morgan fingerprint density at radius 1 is 0.816 bits per heavy atom. The highest BCUT2D eigenvalue weighted by Crippen LogP contribution is 2.26. The van der Waals surface area contributed by atoms with Crippen LogP contribution in [0.5, 0.6) is 0 Å². The van der Waals surface area contributed by atoms with Gasteiger partial charge in [0, 0.05) is 53.7 Å². The molecule has 4 aromatic heterocycles. The van der Waals surface area contributed by atoms with Crippen LogP contribution in [0, 0.1) is 0 Å². The lowest BCUT2D eigenvalue weighted by Crippen LogP contribution is -2.36. The van der Waals surface area contributed by atoms with Gasteiger partial charge in [0.15, 0.2) is 23.0 Å². The average molecular weight is 512 g/mol. The smallest absolute Gasteiger partial charge is 0.183 e. The minimum atomic E-state index is 0.427. The van der Waals surface area contributed by atoms with Gasteiger partial charge in [0.2, 0.25) is 0 Å². The summed E-state index contributed by atoms with van der Waals surface area (Å²) >= 11 is 0. The van der Waals surface area contributed by atoms with Crippen LogP contribution in [-0.4, -0.2) is 92.8 Å². The van der Waals surface area contributed by atoms with Crippen LogP contribution in [-0.2, 0) is 0 Å². The standard InChI is InChI=1S/C25H29N13/c1-34(2)20-7-9-27-24-18(14-29-37(20)24)31-17-13-16(26)23(36-11-5-6-12-36)33-22(17)32-19-15-30-38-21(35(3)4)8-10-28-25(19)38/h7-10,13-15H,5-6,11-12,26H2,1-4H3. The number of aliphatic imine (C=N–C) groups is 3. The van der Waals surface area contributed by atoms with Crippen molar-refractivity contribution in [3.63, 3.8) is 0 Å². The molecule has 0 aliphatic carbocycles. The molecule has 0 bridgehead atoms. The van der Waals surface area contributed by atoms with Crippen LogP contribution in [0.3, 0.4) is 0 Å². The van der Waals surface area contributed by atoms with E-state index in [1.807, 2.05) is 56.2 Å². The monoisotopic (exact) mass is 511 g/mol. The van der Waals surface area contributed by atoms with Crippen molar-refractivity contribution in [1.29, 1.82) is 0 Å². The second-order valence-electron chi connectivity index (χ2n) is 9.59. The highest BCUT2D eigenvalue weighted by molar-refractivity contribution is 6.50. The van der Waals surface area contributed by atoms with Gasteiger partial charge in [-0.3, -0.25) is 0 Å². The third kappa shape index (κ3) is 4.01. The van der Waals surface area contributed by atoms with Crippen molar-refractivity contribution in [2.45, 2.75) is 12.8 Å². The van der Waals surface area contributed by atoms with Gasteiger partial charge < -0.3 is 20.4 Å². The third-order valence-electron chi connectivity index (χ3n) is 6.51. The molecule has 0 unspecified atom stereocenters. The largest absolute Gasteiger partial charge is 0.396 e. The fourth-order valence-electron chi connectivity index (χ4n) is 4.66. The molecule has 6 heterocycles. The Morgan fingerprint density at radius 2 is 1.37 bits per heavy atom. The molecule has 1 saturated heterocycles. The van der Waals surface area contributed by atoms with Crippen molar-refractivity contribution in [3.05, 3.63) is 48.7 Å². The zero-order valence-corrected chi connectivity index (χ0v) is 21.8. The van der Waals surface area contributed by atoms with Crippen LogP contribution in [0.2, 0.25) is 0 Å².